The van der Waals surface area contributed by atoms with Gasteiger partial charge in [0.1, 0.15) is 73.2 Å². The third kappa shape index (κ3) is 37.9. The van der Waals surface area contributed by atoms with Gasteiger partial charge in [0, 0.05) is 6.42 Å². The molecule has 0 aromatic heterocycles. The molecule has 12 N–H and O–H groups in total. The summed E-state index contributed by atoms with van der Waals surface area (Å²) < 4.78 is 34.3. The SMILES string of the molecule is CC/C=C\C/C=C\C/C=C\C/C=C\C/C=C\C/C=C\C/C=C\CCCCCCCCCCCCCCCCCCCCCC(=O)NC(COC1OC(CO)C(OC2OC(CO)C(OC3OC(CO)C(O)C(O)C3O)C(O)C2O)C(O)C1O)C(O)/C=C/CCCCCCCCCC. The molecule has 0 bridgehead atoms. The Balaban J connectivity index is 1.27. The van der Waals surface area contributed by atoms with E-state index >= 15 is 0 Å². The zero-order valence-corrected chi connectivity index (χ0v) is 58.8. The van der Waals surface area contributed by atoms with Gasteiger partial charge in [-0.05, 0) is 77.0 Å². The molecule has 3 rings (SSSR count). The first-order chi connectivity index (χ1) is 46.8. The third-order valence-corrected chi connectivity index (χ3v) is 18.1. The Kier molecular flexibility index (Phi) is 51.9. The van der Waals surface area contributed by atoms with E-state index < -0.39 is 124 Å². The fourth-order valence-electron chi connectivity index (χ4n) is 12.1. The summed E-state index contributed by atoms with van der Waals surface area (Å²) in [5.74, 6) is -0.278. The summed E-state index contributed by atoms with van der Waals surface area (Å²) in [6, 6.07) is -0.974. The van der Waals surface area contributed by atoms with Crippen molar-refractivity contribution in [2.75, 3.05) is 26.4 Å². The standard InChI is InChI=1S/C77H133NO18/c1-3-5-7-9-11-13-15-16-17-18-19-20-21-22-23-24-25-26-27-28-29-30-31-32-33-34-35-36-37-38-39-40-41-42-43-44-45-47-49-51-53-55-65(83)78-60(61(82)54-52-50-48-46-14-12-10-8-6-4-2)59-91-75-71(89)68(86)73(63(57-80)93-75)96-77-72(90)69(87)74(64(58-81)94-77)95-76-70(88)67(85)66(84)62(56-79)92-76/h5,7,11,13,16-17,19-20,22-23,25-26,28-29,52,54,60-64,66-77,79-82,84-90H,3-4,6,8-10,12,14-15,18,21,24,27,30-51,53,55-59H2,1-2H3,(H,78,83)/b7-5-,13-11-,17-16-,20-19-,23-22-,26-25-,29-28-,54-52+. The second kappa shape index (κ2) is 57.3. The second-order valence-electron chi connectivity index (χ2n) is 26.4. The van der Waals surface area contributed by atoms with E-state index in [1.807, 2.05) is 6.08 Å². The monoisotopic (exact) mass is 1360 g/mol. The molecule has 3 aliphatic heterocycles. The van der Waals surface area contributed by atoms with Crippen molar-refractivity contribution < 1.29 is 89.4 Å². The van der Waals surface area contributed by atoms with E-state index in [9.17, 15) is 61.0 Å². The molecule has 3 fully saturated rings. The van der Waals surface area contributed by atoms with Crippen molar-refractivity contribution in [3.05, 3.63) is 97.2 Å². The molecule has 3 saturated heterocycles. The summed E-state index contributed by atoms with van der Waals surface area (Å²) in [6.07, 6.45) is 50.0. The maximum absolute atomic E-state index is 13.4. The minimum Gasteiger partial charge on any atom is -0.394 e. The Morgan fingerprint density at radius 1 is 0.385 bits per heavy atom. The van der Waals surface area contributed by atoms with Crippen LogP contribution < -0.4 is 5.32 Å². The molecule has 19 nitrogen and oxygen atoms in total. The Morgan fingerprint density at radius 3 is 1.12 bits per heavy atom. The van der Waals surface area contributed by atoms with Crippen LogP contribution in [-0.2, 0) is 33.2 Å². The number of unbranched alkanes of at least 4 members (excludes halogenated alkanes) is 27. The van der Waals surface area contributed by atoms with E-state index in [1.54, 1.807) is 6.08 Å². The van der Waals surface area contributed by atoms with Gasteiger partial charge in [-0.3, -0.25) is 4.79 Å². The van der Waals surface area contributed by atoms with Crippen molar-refractivity contribution in [2.24, 2.45) is 0 Å². The summed E-state index contributed by atoms with van der Waals surface area (Å²) in [7, 11) is 0. The van der Waals surface area contributed by atoms with E-state index in [1.165, 1.54) is 135 Å². The molecule has 0 saturated carbocycles. The fraction of sp³-hybridized carbons (Fsp3) is 0.779. The number of carbonyl (C=O) groups excluding carboxylic acids is 1. The fourth-order valence-corrected chi connectivity index (χ4v) is 12.1. The predicted molar refractivity (Wildman–Crippen MR) is 378 cm³/mol. The van der Waals surface area contributed by atoms with Crippen LogP contribution in [0, 0.1) is 0 Å². The van der Waals surface area contributed by atoms with Crippen LogP contribution in [0.2, 0.25) is 0 Å². The highest BCUT2D eigenvalue weighted by Crippen LogP contribution is 2.33. The Labute approximate surface area is 577 Å². The van der Waals surface area contributed by atoms with Gasteiger partial charge in [0.05, 0.1) is 38.6 Å². The van der Waals surface area contributed by atoms with Gasteiger partial charge in [-0.2, -0.15) is 0 Å². The Morgan fingerprint density at radius 2 is 0.719 bits per heavy atom. The van der Waals surface area contributed by atoms with Crippen LogP contribution in [0.25, 0.3) is 0 Å². The smallest absolute Gasteiger partial charge is 0.220 e. The Bertz CT molecular complexity index is 2110. The summed E-state index contributed by atoms with van der Waals surface area (Å²) in [5.41, 5.74) is 0. The lowest BCUT2D eigenvalue weighted by Crippen LogP contribution is -2.66. The average molecular weight is 1360 g/mol. The molecule has 0 aliphatic carbocycles. The van der Waals surface area contributed by atoms with Gasteiger partial charge >= 0.3 is 0 Å². The Hall–Kier alpha value is -3.29. The van der Waals surface area contributed by atoms with E-state index in [0.29, 0.717) is 6.42 Å². The zero-order chi connectivity index (χ0) is 69.6. The van der Waals surface area contributed by atoms with Gasteiger partial charge in [0.2, 0.25) is 5.91 Å². The molecule has 1 amide bonds. The molecular weight excluding hydrogens is 1230 g/mol. The van der Waals surface area contributed by atoms with Gasteiger partial charge in [-0.15, -0.1) is 0 Å². The first kappa shape index (κ1) is 86.9. The quantitative estimate of drug-likeness (QED) is 0.0199. The second-order valence-corrected chi connectivity index (χ2v) is 26.4. The highest BCUT2D eigenvalue weighted by Gasteiger charge is 2.53. The van der Waals surface area contributed by atoms with Crippen molar-refractivity contribution in [3.8, 4) is 0 Å². The number of ether oxygens (including phenoxy) is 6. The van der Waals surface area contributed by atoms with Gasteiger partial charge in [-0.1, -0.05) is 265 Å². The molecule has 96 heavy (non-hydrogen) atoms. The van der Waals surface area contributed by atoms with Crippen LogP contribution in [-0.4, -0.2) is 193 Å². The first-order valence-electron chi connectivity index (χ1n) is 37.5. The van der Waals surface area contributed by atoms with Crippen LogP contribution in [0.5, 0.6) is 0 Å². The number of aliphatic hydroxyl groups excluding tert-OH is 11. The lowest BCUT2D eigenvalue weighted by molar-refractivity contribution is -0.379. The largest absolute Gasteiger partial charge is 0.394 e. The van der Waals surface area contributed by atoms with Gasteiger partial charge < -0.3 is 89.9 Å². The van der Waals surface area contributed by atoms with Crippen LogP contribution in [0.4, 0.5) is 0 Å². The van der Waals surface area contributed by atoms with E-state index in [4.69, 9.17) is 28.4 Å². The first-order valence-corrected chi connectivity index (χ1v) is 37.5. The van der Waals surface area contributed by atoms with Crippen molar-refractivity contribution in [2.45, 2.75) is 356 Å². The maximum Gasteiger partial charge on any atom is 0.220 e. The molecular formula is C77H133NO18. The van der Waals surface area contributed by atoms with Gasteiger partial charge in [-0.25, -0.2) is 0 Å². The highest BCUT2D eigenvalue weighted by atomic mass is 16.8. The average Bonchev–Trinajstić information content (AvgIpc) is 0.849. The van der Waals surface area contributed by atoms with E-state index in [0.717, 1.165) is 89.9 Å². The lowest BCUT2D eigenvalue weighted by atomic mass is 9.96. The number of aliphatic hydroxyl groups is 11. The minimum atomic E-state index is -1.98. The van der Waals surface area contributed by atoms with E-state index in [2.05, 4.69) is 104 Å². The molecule has 0 aromatic rings. The molecule has 0 radical (unpaired) electrons. The lowest BCUT2D eigenvalue weighted by Gasteiger charge is -2.48. The summed E-state index contributed by atoms with van der Waals surface area (Å²) in [5, 5.41) is 120. The predicted octanol–water partition coefficient (Wildman–Crippen LogP) is 11.2. The zero-order valence-electron chi connectivity index (χ0n) is 58.8. The molecule has 19 heteroatoms. The minimum absolute atomic E-state index is 0.241. The maximum atomic E-state index is 13.4. The van der Waals surface area contributed by atoms with Crippen molar-refractivity contribution in [1.29, 1.82) is 0 Å². The normalized spacial score (nSPS) is 27.6. The van der Waals surface area contributed by atoms with Crippen LogP contribution in [0.3, 0.4) is 0 Å². The topological polar surface area (TPSA) is 307 Å². The number of allylic oxidation sites excluding steroid dienone is 15. The number of hydrogen-bond acceptors (Lipinski definition) is 18. The number of amides is 1. The van der Waals surface area contributed by atoms with E-state index in [-0.39, 0.29) is 18.9 Å². The van der Waals surface area contributed by atoms with Crippen molar-refractivity contribution >= 4 is 5.91 Å². The molecule has 0 spiro atoms. The molecule has 17 unspecified atom stereocenters. The number of nitrogens with one attached hydrogen (secondary N) is 1. The number of carbonyl (C=O) groups is 1. The highest BCUT2D eigenvalue weighted by molar-refractivity contribution is 5.76. The van der Waals surface area contributed by atoms with Crippen LogP contribution in [0.1, 0.15) is 251 Å². The van der Waals surface area contributed by atoms with Crippen molar-refractivity contribution in [1.82, 2.24) is 5.32 Å². The van der Waals surface area contributed by atoms with Gasteiger partial charge in [0.15, 0.2) is 18.9 Å². The number of hydrogen-bond donors (Lipinski definition) is 12. The summed E-state index contributed by atoms with van der Waals surface area (Å²) >= 11 is 0. The summed E-state index contributed by atoms with van der Waals surface area (Å²) in [6.45, 7) is 1.58. The molecule has 0 aromatic carbocycles. The number of rotatable bonds is 57. The third-order valence-electron chi connectivity index (χ3n) is 18.1. The summed E-state index contributed by atoms with van der Waals surface area (Å²) in [4.78, 5) is 13.4. The molecule has 17 atom stereocenters. The van der Waals surface area contributed by atoms with Crippen molar-refractivity contribution in [3.63, 3.8) is 0 Å². The van der Waals surface area contributed by atoms with Gasteiger partial charge in [0.25, 0.3) is 0 Å². The van der Waals surface area contributed by atoms with Crippen LogP contribution in [0.15, 0.2) is 97.2 Å². The molecule has 3 heterocycles. The molecule has 554 valence electrons. The van der Waals surface area contributed by atoms with Crippen LogP contribution >= 0.6 is 0 Å². The molecule has 3 aliphatic rings.